The number of hydrogen-bond donors (Lipinski definition) is 1. The maximum atomic E-state index is 13.9. The molecule has 202 valence electrons. The van der Waals surface area contributed by atoms with E-state index in [9.17, 15) is 14.7 Å². The molecular weight excluding hydrogens is 484 g/mol. The Bertz CT molecular complexity index is 1320. The molecule has 9 heteroatoms. The number of aryl methyl sites for hydroxylation is 2. The molecule has 2 heterocycles. The molecule has 1 aliphatic rings. The molecule has 1 amide bonds. The molecule has 1 fully saturated rings. The number of piperazine rings is 1. The normalized spacial score (nSPS) is 13.9. The summed E-state index contributed by atoms with van der Waals surface area (Å²) in [5, 5.41) is 10.8. The van der Waals surface area contributed by atoms with Gasteiger partial charge in [0.05, 0.1) is 14.2 Å². The summed E-state index contributed by atoms with van der Waals surface area (Å²) < 4.78 is 12.4. The zero-order valence-corrected chi connectivity index (χ0v) is 22.6. The van der Waals surface area contributed by atoms with Gasteiger partial charge in [0.1, 0.15) is 23.0 Å². The number of ether oxygens (including phenoxy) is 2. The van der Waals surface area contributed by atoms with Crippen LogP contribution >= 0.6 is 0 Å². The van der Waals surface area contributed by atoms with Gasteiger partial charge in [0, 0.05) is 39.1 Å². The highest BCUT2D eigenvalue weighted by Crippen LogP contribution is 2.33. The third kappa shape index (κ3) is 5.67. The lowest BCUT2D eigenvalue weighted by Gasteiger charge is -2.34. The fourth-order valence-corrected chi connectivity index (χ4v) is 4.86. The maximum Gasteiger partial charge on any atom is 0.275 e. The van der Waals surface area contributed by atoms with Crippen molar-refractivity contribution in [2.75, 3.05) is 40.4 Å². The smallest absolute Gasteiger partial charge is 0.275 e. The molecular formula is C29H36N4O5. The molecule has 9 nitrogen and oxygen atoms in total. The van der Waals surface area contributed by atoms with Gasteiger partial charge < -0.3 is 19.5 Å². The van der Waals surface area contributed by atoms with Gasteiger partial charge in [-0.25, -0.2) is 0 Å². The van der Waals surface area contributed by atoms with Gasteiger partial charge in [-0.15, -0.1) is 0 Å². The summed E-state index contributed by atoms with van der Waals surface area (Å²) in [7, 11) is 3.01. The number of nitrogens with zero attached hydrogens (tertiary/aromatic N) is 4. The summed E-state index contributed by atoms with van der Waals surface area (Å²) >= 11 is 0. The van der Waals surface area contributed by atoms with Gasteiger partial charge in [-0.1, -0.05) is 49.2 Å². The molecule has 0 atom stereocenters. The molecule has 1 N–H and O–H groups in total. The van der Waals surface area contributed by atoms with Gasteiger partial charge in [-0.05, 0) is 31.0 Å². The standard InChI is InChI=1S/C29H36N4O5/c1-5-6-13-24-30-27(34)25(29(36)33(24)26-22(37-3)11-8-12-23(26)38-4)28(35)32-16-14-31(15-17-32)19-21-10-7-9-20(2)18-21/h7-12,18,34H,5-6,13-17,19H2,1-4H3. The van der Waals surface area contributed by atoms with E-state index >= 15 is 0 Å². The van der Waals surface area contributed by atoms with Crippen molar-refractivity contribution in [3.63, 3.8) is 0 Å². The van der Waals surface area contributed by atoms with Crippen LogP contribution in [0.1, 0.15) is 47.1 Å². The maximum absolute atomic E-state index is 13.9. The SMILES string of the molecule is CCCCc1nc(O)c(C(=O)N2CCN(Cc3cccc(C)c3)CC2)c(=O)n1-c1c(OC)cccc1OC. The van der Waals surface area contributed by atoms with Gasteiger partial charge in [-0.3, -0.25) is 19.1 Å². The quantitative estimate of drug-likeness (QED) is 0.461. The van der Waals surface area contributed by atoms with E-state index in [1.807, 2.05) is 13.0 Å². The lowest BCUT2D eigenvalue weighted by atomic mass is 10.1. The van der Waals surface area contributed by atoms with E-state index in [0.717, 1.165) is 19.4 Å². The minimum atomic E-state index is -0.640. The largest absolute Gasteiger partial charge is 0.494 e. The summed E-state index contributed by atoms with van der Waals surface area (Å²) in [4.78, 5) is 35.8. The molecule has 1 saturated heterocycles. The Kier molecular flexibility index (Phi) is 8.68. The first kappa shape index (κ1) is 27.2. The van der Waals surface area contributed by atoms with E-state index in [0.29, 0.717) is 55.6 Å². The first-order chi connectivity index (χ1) is 18.4. The number of aromatic hydroxyl groups is 1. The van der Waals surface area contributed by atoms with Crippen LogP contribution < -0.4 is 15.0 Å². The monoisotopic (exact) mass is 520 g/mol. The highest BCUT2D eigenvalue weighted by atomic mass is 16.5. The number of rotatable bonds is 9. The Balaban J connectivity index is 1.66. The van der Waals surface area contributed by atoms with Crippen LogP contribution in [0, 0.1) is 6.92 Å². The van der Waals surface area contributed by atoms with E-state index in [1.54, 1.807) is 23.1 Å². The molecule has 1 aromatic heterocycles. The van der Waals surface area contributed by atoms with Crippen LogP contribution in [0.2, 0.25) is 0 Å². The number of carbonyl (C=O) groups is 1. The Morgan fingerprint density at radius 2 is 1.68 bits per heavy atom. The van der Waals surface area contributed by atoms with Crippen LogP contribution in [0.3, 0.4) is 0 Å². The zero-order valence-electron chi connectivity index (χ0n) is 22.6. The molecule has 3 aromatic rings. The van der Waals surface area contributed by atoms with Crippen molar-refractivity contribution in [3.8, 4) is 23.1 Å². The average molecular weight is 521 g/mol. The highest BCUT2D eigenvalue weighted by Gasteiger charge is 2.30. The number of aromatic nitrogens is 2. The van der Waals surface area contributed by atoms with Crippen LogP contribution in [0.5, 0.6) is 17.4 Å². The van der Waals surface area contributed by atoms with Crippen molar-refractivity contribution in [2.24, 2.45) is 0 Å². The Hall–Kier alpha value is -3.85. The lowest BCUT2D eigenvalue weighted by Crippen LogP contribution is -2.49. The Morgan fingerprint density at radius 1 is 1.03 bits per heavy atom. The van der Waals surface area contributed by atoms with E-state index in [1.165, 1.54) is 29.9 Å². The van der Waals surface area contributed by atoms with Crippen LogP contribution in [0.4, 0.5) is 0 Å². The number of para-hydroxylation sites is 1. The number of methoxy groups -OCH3 is 2. The van der Waals surface area contributed by atoms with Crippen molar-refractivity contribution >= 4 is 5.91 Å². The van der Waals surface area contributed by atoms with Crippen molar-refractivity contribution in [1.29, 1.82) is 0 Å². The van der Waals surface area contributed by atoms with E-state index < -0.39 is 17.3 Å². The second-order valence-corrected chi connectivity index (χ2v) is 9.54. The van der Waals surface area contributed by atoms with Crippen LogP contribution in [0.15, 0.2) is 47.3 Å². The average Bonchev–Trinajstić information content (AvgIpc) is 2.91. The summed E-state index contributed by atoms with van der Waals surface area (Å²) in [5.41, 5.74) is 1.81. The van der Waals surface area contributed by atoms with Gasteiger partial charge in [0.2, 0.25) is 5.88 Å². The van der Waals surface area contributed by atoms with Gasteiger partial charge >= 0.3 is 0 Å². The second-order valence-electron chi connectivity index (χ2n) is 9.54. The van der Waals surface area contributed by atoms with Crippen LogP contribution in [-0.4, -0.2) is 70.8 Å². The number of amides is 1. The molecule has 0 radical (unpaired) electrons. The summed E-state index contributed by atoms with van der Waals surface area (Å²) in [6, 6.07) is 13.6. The van der Waals surface area contributed by atoms with Gasteiger partial charge in [0.15, 0.2) is 5.56 Å². The van der Waals surface area contributed by atoms with Crippen molar-refractivity contribution < 1.29 is 19.4 Å². The van der Waals surface area contributed by atoms with Crippen LogP contribution in [-0.2, 0) is 13.0 Å². The molecule has 4 rings (SSSR count). The molecule has 2 aromatic carbocycles. The topological polar surface area (TPSA) is 97.1 Å². The van der Waals surface area contributed by atoms with Crippen molar-refractivity contribution in [1.82, 2.24) is 19.4 Å². The molecule has 0 spiro atoms. The first-order valence-corrected chi connectivity index (χ1v) is 13.0. The number of benzene rings is 2. The predicted octanol–water partition coefficient (Wildman–Crippen LogP) is 3.56. The number of unbranched alkanes of at least 4 members (excludes halogenated alkanes) is 1. The minimum Gasteiger partial charge on any atom is -0.494 e. The lowest BCUT2D eigenvalue weighted by molar-refractivity contribution is 0.0622. The molecule has 0 saturated carbocycles. The molecule has 0 aliphatic carbocycles. The van der Waals surface area contributed by atoms with E-state index in [4.69, 9.17) is 9.47 Å². The summed E-state index contributed by atoms with van der Waals surface area (Å²) in [6.45, 7) is 7.11. The third-order valence-corrected chi connectivity index (χ3v) is 6.88. The zero-order chi connectivity index (χ0) is 27.2. The van der Waals surface area contributed by atoms with Crippen molar-refractivity contribution in [3.05, 3.63) is 75.3 Å². The fraction of sp³-hybridized carbons (Fsp3) is 0.414. The van der Waals surface area contributed by atoms with Crippen molar-refractivity contribution in [2.45, 2.75) is 39.7 Å². The number of carbonyl (C=O) groups excluding carboxylic acids is 1. The van der Waals surface area contributed by atoms with E-state index in [-0.39, 0.29) is 5.56 Å². The Morgan fingerprint density at radius 3 is 2.29 bits per heavy atom. The minimum absolute atomic E-state index is 0.342. The van der Waals surface area contributed by atoms with Gasteiger partial charge in [-0.2, -0.15) is 4.98 Å². The van der Waals surface area contributed by atoms with Gasteiger partial charge in [0.25, 0.3) is 11.5 Å². The third-order valence-electron chi connectivity index (χ3n) is 6.88. The molecule has 38 heavy (non-hydrogen) atoms. The predicted molar refractivity (Wildman–Crippen MR) is 146 cm³/mol. The molecule has 1 aliphatic heterocycles. The van der Waals surface area contributed by atoms with Crippen LogP contribution in [0.25, 0.3) is 5.69 Å². The molecule has 0 unspecified atom stereocenters. The first-order valence-electron chi connectivity index (χ1n) is 13.0. The highest BCUT2D eigenvalue weighted by molar-refractivity contribution is 5.96. The Labute approximate surface area is 223 Å². The second kappa shape index (κ2) is 12.1. The number of hydrogen-bond acceptors (Lipinski definition) is 7. The fourth-order valence-electron chi connectivity index (χ4n) is 4.86. The summed E-state index contributed by atoms with van der Waals surface area (Å²) in [5.74, 6) is 0.0784. The summed E-state index contributed by atoms with van der Waals surface area (Å²) in [6.07, 6.45) is 2.05. The van der Waals surface area contributed by atoms with E-state index in [2.05, 4.69) is 35.0 Å². The molecule has 0 bridgehead atoms.